The van der Waals surface area contributed by atoms with Crippen molar-refractivity contribution in [3.05, 3.63) is 72.3 Å². The number of rotatable bonds is 3. The smallest absolute Gasteiger partial charge is 0.229 e. The highest BCUT2D eigenvalue weighted by Gasteiger charge is 2.46. The molecule has 2 saturated heterocycles. The number of amides is 1. The van der Waals surface area contributed by atoms with Crippen LogP contribution in [0.25, 0.3) is 21.8 Å². The molecule has 1 aromatic heterocycles. The second-order valence-electron chi connectivity index (χ2n) is 9.70. The zero-order chi connectivity index (χ0) is 22.4. The number of carbonyl (C=O) groups is 1. The summed E-state index contributed by atoms with van der Waals surface area (Å²) in [6, 6.07) is 23.2. The third kappa shape index (κ3) is 3.38. The minimum absolute atomic E-state index is 0.218. The Bertz CT molecular complexity index is 1330. The van der Waals surface area contributed by atoms with Gasteiger partial charge in [-0.2, -0.15) is 0 Å². The number of hydrogen-bond acceptors (Lipinski definition) is 3. The highest BCUT2D eigenvalue weighted by molar-refractivity contribution is 5.87. The first-order valence-corrected chi connectivity index (χ1v) is 12.1. The maximum atomic E-state index is 13.8. The van der Waals surface area contributed by atoms with Crippen molar-refractivity contribution >= 4 is 33.7 Å². The van der Waals surface area contributed by atoms with Gasteiger partial charge in [-0.1, -0.05) is 54.6 Å². The molecule has 5 nitrogen and oxygen atoms in total. The van der Waals surface area contributed by atoms with Gasteiger partial charge in [0.1, 0.15) is 0 Å². The standard InChI is InChI=1S/C28H30N4O/c1-30-25-13-5-4-12-24(25)29-27(30)31-18-15-28(16-19-31)14-7-17-32(26(28)33)20-22-10-6-9-21-8-2-3-11-23(21)22/h2-6,8-13H,7,14-20H2,1H3. The minimum Gasteiger partial charge on any atom is -0.342 e. The molecule has 6 rings (SSSR count). The number of hydrogen-bond donors (Lipinski definition) is 0. The van der Waals surface area contributed by atoms with Gasteiger partial charge in [-0.25, -0.2) is 4.98 Å². The summed E-state index contributed by atoms with van der Waals surface area (Å²) < 4.78 is 2.18. The van der Waals surface area contributed by atoms with Crippen LogP contribution in [0.3, 0.4) is 0 Å². The van der Waals surface area contributed by atoms with Crippen molar-refractivity contribution in [1.82, 2.24) is 14.5 Å². The highest BCUT2D eigenvalue weighted by atomic mass is 16.2. The van der Waals surface area contributed by atoms with Crippen LogP contribution in [0.5, 0.6) is 0 Å². The van der Waals surface area contributed by atoms with E-state index >= 15 is 0 Å². The van der Waals surface area contributed by atoms with Gasteiger partial charge >= 0.3 is 0 Å². The molecule has 0 radical (unpaired) electrons. The van der Waals surface area contributed by atoms with E-state index in [1.165, 1.54) is 16.3 Å². The highest BCUT2D eigenvalue weighted by Crippen LogP contribution is 2.42. The van der Waals surface area contributed by atoms with Gasteiger partial charge in [-0.3, -0.25) is 4.79 Å². The zero-order valence-corrected chi connectivity index (χ0v) is 19.2. The van der Waals surface area contributed by atoms with Crippen molar-refractivity contribution in [2.24, 2.45) is 12.5 Å². The largest absolute Gasteiger partial charge is 0.342 e. The van der Waals surface area contributed by atoms with Crippen LogP contribution in [0.15, 0.2) is 66.7 Å². The number of aromatic nitrogens is 2. The first-order valence-electron chi connectivity index (χ1n) is 12.1. The second-order valence-corrected chi connectivity index (χ2v) is 9.70. The third-order valence-corrected chi connectivity index (χ3v) is 7.83. The molecule has 0 atom stereocenters. The average molecular weight is 439 g/mol. The number of para-hydroxylation sites is 2. The fourth-order valence-electron chi connectivity index (χ4n) is 5.95. The van der Waals surface area contributed by atoms with E-state index in [-0.39, 0.29) is 5.41 Å². The van der Waals surface area contributed by atoms with E-state index in [2.05, 4.69) is 82.1 Å². The van der Waals surface area contributed by atoms with Gasteiger partial charge in [0.2, 0.25) is 11.9 Å². The fourth-order valence-corrected chi connectivity index (χ4v) is 5.95. The molecular formula is C28H30N4O. The molecule has 4 aromatic rings. The Morgan fingerprint density at radius 1 is 0.879 bits per heavy atom. The molecule has 2 aliphatic rings. The molecule has 1 amide bonds. The summed E-state index contributed by atoms with van der Waals surface area (Å²) in [5.74, 6) is 1.37. The maximum Gasteiger partial charge on any atom is 0.229 e. The second kappa shape index (κ2) is 7.91. The molecule has 0 saturated carbocycles. The van der Waals surface area contributed by atoms with Crippen LogP contribution in [-0.4, -0.2) is 40.0 Å². The van der Waals surface area contributed by atoms with Crippen LogP contribution in [0, 0.1) is 5.41 Å². The predicted molar refractivity (Wildman–Crippen MR) is 133 cm³/mol. The number of piperidine rings is 2. The molecular weight excluding hydrogens is 408 g/mol. The molecule has 0 aliphatic carbocycles. The molecule has 0 bridgehead atoms. The number of aryl methyl sites for hydroxylation is 1. The van der Waals surface area contributed by atoms with Crippen molar-refractivity contribution in [1.29, 1.82) is 0 Å². The lowest BCUT2D eigenvalue weighted by Crippen LogP contribution is -2.53. The van der Waals surface area contributed by atoms with E-state index in [0.29, 0.717) is 12.5 Å². The van der Waals surface area contributed by atoms with E-state index in [9.17, 15) is 4.79 Å². The van der Waals surface area contributed by atoms with Gasteiger partial charge in [-0.05, 0) is 54.2 Å². The van der Waals surface area contributed by atoms with Crippen LogP contribution < -0.4 is 4.90 Å². The van der Waals surface area contributed by atoms with Crippen LogP contribution in [0.4, 0.5) is 5.95 Å². The molecule has 2 aliphatic heterocycles. The van der Waals surface area contributed by atoms with Crippen molar-refractivity contribution in [3.8, 4) is 0 Å². The van der Waals surface area contributed by atoms with E-state index in [4.69, 9.17) is 4.98 Å². The Balaban J connectivity index is 1.21. The Kier molecular flexibility index (Phi) is 4.86. The van der Waals surface area contributed by atoms with Crippen molar-refractivity contribution in [2.45, 2.75) is 32.2 Å². The van der Waals surface area contributed by atoms with Crippen LogP contribution >= 0.6 is 0 Å². The van der Waals surface area contributed by atoms with Crippen LogP contribution in [0.1, 0.15) is 31.2 Å². The summed E-state index contributed by atoms with van der Waals surface area (Å²) >= 11 is 0. The monoisotopic (exact) mass is 438 g/mol. The summed E-state index contributed by atoms with van der Waals surface area (Å²) in [5.41, 5.74) is 3.22. The Labute approximate surface area is 194 Å². The quantitative estimate of drug-likeness (QED) is 0.445. The molecule has 5 heteroatoms. The van der Waals surface area contributed by atoms with Crippen molar-refractivity contribution < 1.29 is 4.79 Å². The van der Waals surface area contributed by atoms with E-state index < -0.39 is 0 Å². The summed E-state index contributed by atoms with van der Waals surface area (Å²) in [5, 5.41) is 2.49. The summed E-state index contributed by atoms with van der Waals surface area (Å²) in [4.78, 5) is 23.1. The lowest BCUT2D eigenvalue weighted by Gasteiger charge is -2.46. The lowest BCUT2D eigenvalue weighted by atomic mass is 9.71. The predicted octanol–water partition coefficient (Wildman–Crippen LogP) is 5.14. The van der Waals surface area contributed by atoms with E-state index in [1.54, 1.807) is 0 Å². The average Bonchev–Trinajstić information content (AvgIpc) is 3.19. The van der Waals surface area contributed by atoms with Gasteiger partial charge in [-0.15, -0.1) is 0 Å². The number of fused-ring (bicyclic) bond motifs is 2. The van der Waals surface area contributed by atoms with Gasteiger partial charge in [0.25, 0.3) is 0 Å². The lowest BCUT2D eigenvalue weighted by molar-refractivity contribution is -0.148. The van der Waals surface area contributed by atoms with E-state index in [0.717, 1.165) is 62.3 Å². The zero-order valence-electron chi connectivity index (χ0n) is 19.2. The molecule has 2 fully saturated rings. The molecule has 0 unspecified atom stereocenters. The number of carbonyl (C=O) groups excluding carboxylic acids is 1. The number of likely N-dealkylation sites (tertiary alicyclic amines) is 1. The molecule has 168 valence electrons. The number of imidazole rings is 1. The fraction of sp³-hybridized carbons (Fsp3) is 0.357. The molecule has 3 aromatic carbocycles. The van der Waals surface area contributed by atoms with Gasteiger partial charge in [0.15, 0.2) is 0 Å². The van der Waals surface area contributed by atoms with Crippen molar-refractivity contribution in [3.63, 3.8) is 0 Å². The van der Waals surface area contributed by atoms with Gasteiger partial charge in [0.05, 0.1) is 16.4 Å². The molecule has 33 heavy (non-hydrogen) atoms. The third-order valence-electron chi connectivity index (χ3n) is 7.83. The van der Waals surface area contributed by atoms with Crippen LogP contribution in [0.2, 0.25) is 0 Å². The normalized spacial score (nSPS) is 18.5. The van der Waals surface area contributed by atoms with Crippen LogP contribution in [-0.2, 0) is 18.4 Å². The first kappa shape index (κ1) is 20.3. The molecule has 1 spiro atoms. The number of nitrogens with zero attached hydrogens (tertiary/aromatic N) is 4. The number of anilines is 1. The van der Waals surface area contributed by atoms with Crippen molar-refractivity contribution in [2.75, 3.05) is 24.5 Å². The Morgan fingerprint density at radius 2 is 1.64 bits per heavy atom. The Morgan fingerprint density at radius 3 is 2.48 bits per heavy atom. The van der Waals surface area contributed by atoms with Gasteiger partial charge in [0, 0.05) is 33.2 Å². The minimum atomic E-state index is -0.218. The number of benzene rings is 3. The summed E-state index contributed by atoms with van der Waals surface area (Å²) in [6.45, 7) is 3.32. The van der Waals surface area contributed by atoms with Gasteiger partial charge < -0.3 is 14.4 Å². The van der Waals surface area contributed by atoms with E-state index in [1.807, 2.05) is 6.07 Å². The maximum absolute atomic E-state index is 13.8. The topological polar surface area (TPSA) is 41.4 Å². The SMILES string of the molecule is Cn1c(N2CCC3(CCCN(Cc4cccc5ccccc45)C3=O)CC2)nc2ccccc21. The summed E-state index contributed by atoms with van der Waals surface area (Å²) in [7, 11) is 2.09. The molecule has 3 heterocycles. The Hall–Kier alpha value is -3.34. The first-order chi connectivity index (χ1) is 16.1. The molecule has 0 N–H and O–H groups in total. The summed E-state index contributed by atoms with van der Waals surface area (Å²) in [6.07, 6.45) is 3.90.